The molecule has 8 nitrogen and oxygen atoms in total. The Kier molecular flexibility index (Phi) is 9.44. The Morgan fingerprint density at radius 3 is 2.66 bits per heavy atom. The summed E-state index contributed by atoms with van der Waals surface area (Å²) in [7, 11) is 0. The largest absolute Gasteiger partial charge is 0.340 e. The van der Waals surface area contributed by atoms with Crippen molar-refractivity contribution in [2.75, 3.05) is 13.1 Å². The van der Waals surface area contributed by atoms with Gasteiger partial charge < -0.3 is 15.5 Å². The maximum absolute atomic E-state index is 13.6. The maximum atomic E-state index is 13.6. The Hall–Kier alpha value is -2.91. The van der Waals surface area contributed by atoms with Crippen LogP contribution in [0, 0.1) is 12.8 Å². The van der Waals surface area contributed by atoms with Gasteiger partial charge >= 0.3 is 6.03 Å². The molecule has 1 aliphatic rings. The lowest BCUT2D eigenvalue weighted by molar-refractivity contribution is -0.134. The predicted molar refractivity (Wildman–Crippen MR) is 152 cm³/mol. The van der Waals surface area contributed by atoms with Gasteiger partial charge in [-0.05, 0) is 71.8 Å². The number of hydrogen-bond donors (Lipinski definition) is 2. The number of aryl methyl sites for hydroxylation is 1. The number of carbonyl (C=O) groups is 2. The second-order valence-corrected chi connectivity index (χ2v) is 11.6. The average Bonchev–Trinajstić information content (AvgIpc) is 3.39. The highest BCUT2D eigenvalue weighted by Crippen LogP contribution is 2.28. The van der Waals surface area contributed by atoms with Crippen LogP contribution >= 0.6 is 27.5 Å². The summed E-state index contributed by atoms with van der Waals surface area (Å²) in [4.78, 5) is 28.1. The first-order chi connectivity index (χ1) is 18.2. The third kappa shape index (κ3) is 7.35. The Bertz CT molecular complexity index is 1260. The predicted octanol–water partition coefficient (Wildman–Crippen LogP) is 5.61. The molecule has 2 unspecified atom stereocenters. The first kappa shape index (κ1) is 28.1. The number of nitrogens with one attached hydrogen (secondary N) is 2. The standard InChI is InChI=1S/C28H34BrClN6O2/c1-18(2)13-25(32-28(38)31-15-20-8-6-19(3)7-9-20)27(37)35-12-4-5-21(16-35)26-17-36(34-33-26)22-10-11-24(30)23(29)14-22/h6-11,14,17-18,21,25H,4-5,12-13,15-16H2,1-3H3,(H2,31,32,38). The number of carbonyl (C=O) groups excluding carboxylic acids is 2. The van der Waals surface area contributed by atoms with Gasteiger partial charge in [-0.2, -0.15) is 0 Å². The molecule has 4 rings (SSSR count). The lowest BCUT2D eigenvalue weighted by Crippen LogP contribution is -2.53. The Balaban J connectivity index is 1.39. The van der Waals surface area contributed by atoms with Crippen molar-refractivity contribution < 1.29 is 9.59 Å². The summed E-state index contributed by atoms with van der Waals surface area (Å²) in [6.45, 7) is 7.74. The number of likely N-dealkylation sites (tertiary alicyclic amines) is 1. The van der Waals surface area contributed by atoms with Crippen molar-refractivity contribution in [3.8, 4) is 5.69 Å². The van der Waals surface area contributed by atoms with Crippen molar-refractivity contribution in [3.05, 3.63) is 75.0 Å². The number of halogens is 2. The lowest BCUT2D eigenvalue weighted by atomic mass is 9.94. The van der Waals surface area contributed by atoms with Gasteiger partial charge in [-0.15, -0.1) is 5.10 Å². The van der Waals surface area contributed by atoms with Crippen molar-refractivity contribution in [2.45, 2.75) is 58.5 Å². The molecule has 1 aromatic heterocycles. The molecule has 0 saturated carbocycles. The van der Waals surface area contributed by atoms with Crippen molar-refractivity contribution in [1.82, 2.24) is 30.5 Å². The van der Waals surface area contributed by atoms with Crippen molar-refractivity contribution in [2.24, 2.45) is 5.92 Å². The summed E-state index contributed by atoms with van der Waals surface area (Å²) in [5, 5.41) is 15.2. The molecule has 0 aliphatic carbocycles. The molecule has 1 saturated heterocycles. The topological polar surface area (TPSA) is 92.2 Å². The van der Waals surface area contributed by atoms with Gasteiger partial charge in [-0.3, -0.25) is 4.79 Å². The van der Waals surface area contributed by atoms with Crippen LogP contribution in [0.2, 0.25) is 5.02 Å². The molecule has 10 heteroatoms. The maximum Gasteiger partial charge on any atom is 0.315 e. The average molecular weight is 602 g/mol. The van der Waals surface area contributed by atoms with Crippen molar-refractivity contribution in [3.63, 3.8) is 0 Å². The molecule has 2 aromatic carbocycles. The van der Waals surface area contributed by atoms with Gasteiger partial charge in [0.1, 0.15) is 6.04 Å². The summed E-state index contributed by atoms with van der Waals surface area (Å²) in [6, 6.07) is 12.7. The Morgan fingerprint density at radius 2 is 1.95 bits per heavy atom. The van der Waals surface area contributed by atoms with Crippen LogP contribution in [-0.2, 0) is 11.3 Å². The van der Waals surface area contributed by atoms with E-state index in [4.69, 9.17) is 11.6 Å². The zero-order valence-electron chi connectivity index (χ0n) is 22.0. The van der Waals surface area contributed by atoms with Crippen molar-refractivity contribution in [1.29, 1.82) is 0 Å². The van der Waals surface area contributed by atoms with E-state index in [-0.39, 0.29) is 23.8 Å². The van der Waals surface area contributed by atoms with E-state index in [2.05, 4.69) is 50.7 Å². The summed E-state index contributed by atoms with van der Waals surface area (Å²) in [6.07, 6.45) is 4.27. The molecule has 202 valence electrons. The van der Waals surface area contributed by atoms with E-state index in [0.717, 1.165) is 34.3 Å². The smallest absolute Gasteiger partial charge is 0.315 e. The van der Waals surface area contributed by atoms with Gasteiger partial charge in [-0.1, -0.05) is 60.5 Å². The number of rotatable bonds is 8. The molecule has 38 heavy (non-hydrogen) atoms. The number of piperidine rings is 1. The van der Waals surface area contributed by atoms with Gasteiger partial charge in [-0.25, -0.2) is 9.48 Å². The molecule has 2 N–H and O–H groups in total. The first-order valence-electron chi connectivity index (χ1n) is 13.0. The van der Waals surface area contributed by atoms with Gasteiger partial charge in [0.2, 0.25) is 5.91 Å². The van der Waals surface area contributed by atoms with E-state index in [1.54, 1.807) is 4.68 Å². The molecule has 2 heterocycles. The van der Waals surface area contributed by atoms with Crippen LogP contribution < -0.4 is 10.6 Å². The second kappa shape index (κ2) is 12.8. The third-order valence-electron chi connectivity index (χ3n) is 6.71. The molecular formula is C28H34BrClN6O2. The van der Waals surface area contributed by atoms with E-state index < -0.39 is 6.04 Å². The van der Waals surface area contributed by atoms with Crippen LogP contribution in [-0.4, -0.2) is 51.0 Å². The highest BCUT2D eigenvalue weighted by atomic mass is 79.9. The normalized spacial score (nSPS) is 16.4. The zero-order chi connectivity index (χ0) is 27.2. The molecule has 1 fully saturated rings. The SMILES string of the molecule is Cc1ccc(CNC(=O)NC(CC(C)C)C(=O)N2CCCC(c3cn(-c4ccc(Cl)c(Br)c4)nn3)C2)cc1. The monoisotopic (exact) mass is 600 g/mol. The van der Waals surface area contributed by atoms with E-state index in [1.807, 2.05) is 60.5 Å². The second-order valence-electron chi connectivity index (χ2n) is 10.3. The Labute approximate surface area is 237 Å². The van der Waals surface area contributed by atoms with Gasteiger partial charge in [0.15, 0.2) is 0 Å². The Morgan fingerprint density at radius 1 is 1.18 bits per heavy atom. The first-order valence-corrected chi connectivity index (χ1v) is 14.1. The summed E-state index contributed by atoms with van der Waals surface area (Å²) in [5.41, 5.74) is 3.87. The zero-order valence-corrected chi connectivity index (χ0v) is 24.3. The molecule has 1 aliphatic heterocycles. The number of hydrogen-bond acceptors (Lipinski definition) is 4. The number of benzene rings is 2. The molecule has 0 radical (unpaired) electrons. The molecule has 0 bridgehead atoms. The van der Waals surface area contributed by atoms with Crippen LogP contribution in [0.15, 0.2) is 53.1 Å². The van der Waals surface area contributed by atoms with E-state index in [9.17, 15) is 9.59 Å². The number of nitrogens with zero attached hydrogens (tertiary/aromatic N) is 4. The van der Waals surface area contributed by atoms with Crippen LogP contribution in [0.3, 0.4) is 0 Å². The molecule has 0 spiro atoms. The van der Waals surface area contributed by atoms with Crippen LogP contribution in [0.25, 0.3) is 5.69 Å². The van der Waals surface area contributed by atoms with Crippen LogP contribution in [0.1, 0.15) is 55.8 Å². The van der Waals surface area contributed by atoms with E-state index in [1.165, 1.54) is 5.56 Å². The van der Waals surface area contributed by atoms with Gasteiger partial charge in [0.05, 0.1) is 22.6 Å². The quantitative estimate of drug-likeness (QED) is 0.351. The molecular weight excluding hydrogens is 568 g/mol. The minimum absolute atomic E-state index is 0.0529. The fraction of sp³-hybridized carbons (Fsp3) is 0.429. The minimum atomic E-state index is -0.589. The van der Waals surface area contributed by atoms with Crippen LogP contribution in [0.4, 0.5) is 4.79 Å². The summed E-state index contributed by atoms with van der Waals surface area (Å²) >= 11 is 9.57. The van der Waals surface area contributed by atoms with Crippen molar-refractivity contribution >= 4 is 39.5 Å². The number of urea groups is 1. The summed E-state index contributed by atoms with van der Waals surface area (Å²) in [5.74, 6) is 0.274. The number of aromatic nitrogens is 3. The van der Waals surface area contributed by atoms with Crippen LogP contribution in [0.5, 0.6) is 0 Å². The summed E-state index contributed by atoms with van der Waals surface area (Å²) < 4.78 is 2.51. The highest BCUT2D eigenvalue weighted by molar-refractivity contribution is 9.10. The molecule has 3 amide bonds. The highest BCUT2D eigenvalue weighted by Gasteiger charge is 2.32. The fourth-order valence-electron chi connectivity index (χ4n) is 4.65. The minimum Gasteiger partial charge on any atom is -0.340 e. The van der Waals surface area contributed by atoms with E-state index >= 15 is 0 Å². The van der Waals surface area contributed by atoms with Gasteiger partial charge in [0, 0.05) is 30.0 Å². The lowest BCUT2D eigenvalue weighted by Gasteiger charge is -2.34. The molecule has 3 aromatic rings. The molecule has 2 atom stereocenters. The van der Waals surface area contributed by atoms with Gasteiger partial charge in [0.25, 0.3) is 0 Å². The number of amides is 3. The van der Waals surface area contributed by atoms with E-state index in [0.29, 0.717) is 31.1 Å². The fourth-order valence-corrected chi connectivity index (χ4v) is 5.13. The third-order valence-corrected chi connectivity index (χ3v) is 7.93.